The van der Waals surface area contributed by atoms with E-state index >= 15 is 4.39 Å². The average Bonchev–Trinajstić information content (AvgIpc) is 3.68. The van der Waals surface area contributed by atoms with Crippen molar-refractivity contribution in [3.05, 3.63) is 36.2 Å². The van der Waals surface area contributed by atoms with Gasteiger partial charge in [-0.05, 0) is 108 Å². The molecule has 6 rings (SSSR count). The lowest BCUT2D eigenvalue weighted by molar-refractivity contribution is -0.128. The predicted molar refractivity (Wildman–Crippen MR) is 153 cm³/mol. The number of carbonyl (C=O) groups is 1. The summed E-state index contributed by atoms with van der Waals surface area (Å²) in [6.07, 6.45) is 12.9. The Morgan fingerprint density at radius 2 is 1.66 bits per heavy atom. The van der Waals surface area contributed by atoms with Gasteiger partial charge in [-0.1, -0.05) is 25.0 Å². The Morgan fingerprint density at radius 1 is 0.947 bits per heavy atom. The second kappa shape index (κ2) is 10.9. The summed E-state index contributed by atoms with van der Waals surface area (Å²) in [7, 11) is 0. The highest BCUT2D eigenvalue weighted by Gasteiger charge is 2.49. The van der Waals surface area contributed by atoms with E-state index in [2.05, 4.69) is 28.2 Å². The van der Waals surface area contributed by atoms with E-state index in [1.165, 1.54) is 57.2 Å². The van der Waals surface area contributed by atoms with Crippen molar-refractivity contribution in [2.45, 2.75) is 89.6 Å². The Kier molecular flexibility index (Phi) is 7.56. The van der Waals surface area contributed by atoms with Crippen molar-refractivity contribution in [3.8, 4) is 0 Å². The first kappa shape index (κ1) is 26.3. The molecule has 1 spiro atoms. The Bertz CT molecular complexity index is 1020. The summed E-state index contributed by atoms with van der Waals surface area (Å²) in [6, 6.07) is 6.70. The molecule has 1 amide bonds. The lowest BCUT2D eigenvalue weighted by Gasteiger charge is -2.40. The number of anilines is 2. The van der Waals surface area contributed by atoms with E-state index in [9.17, 15) is 4.79 Å². The lowest BCUT2D eigenvalue weighted by Crippen LogP contribution is -2.47. The highest BCUT2D eigenvalue weighted by molar-refractivity contribution is 6.00. The molecule has 0 bridgehead atoms. The number of halogens is 1. The third-order valence-electron chi connectivity index (χ3n) is 10.7. The molecule has 0 aromatic heterocycles. The minimum absolute atomic E-state index is 0.156. The van der Waals surface area contributed by atoms with Crippen molar-refractivity contribution in [2.24, 2.45) is 11.3 Å². The van der Waals surface area contributed by atoms with Crippen molar-refractivity contribution < 1.29 is 9.18 Å². The molecular weight excluding hydrogens is 475 g/mol. The molecule has 1 atom stereocenters. The molecule has 5 aliphatic rings. The van der Waals surface area contributed by atoms with Crippen LogP contribution in [0.15, 0.2) is 30.4 Å². The van der Waals surface area contributed by atoms with Gasteiger partial charge in [0.2, 0.25) is 5.91 Å². The molecule has 5 nitrogen and oxygen atoms in total. The van der Waals surface area contributed by atoms with Gasteiger partial charge in [-0.2, -0.15) is 0 Å². The van der Waals surface area contributed by atoms with Crippen LogP contribution in [-0.4, -0.2) is 73.6 Å². The molecule has 1 aromatic rings. The summed E-state index contributed by atoms with van der Waals surface area (Å²) >= 11 is 0. The maximum atomic E-state index is 15.5. The molecule has 208 valence electrons. The standard InChI is InChI=1S/C32H47FN4O/c1-24(2)29-8-5-16-36(29)26-11-17-35(18-12-26)27-9-10-30(28(33)22-27)37-21-15-32(31(37)38)13-19-34(20-14-32)23-25-6-3-4-7-25/h9-10,22,25-26,29H,1,3-8,11-21,23H2,2H3/t29-/m1/s1. The van der Waals surface area contributed by atoms with Crippen molar-refractivity contribution in [2.75, 3.05) is 55.6 Å². The van der Waals surface area contributed by atoms with Crippen LogP contribution >= 0.6 is 0 Å². The monoisotopic (exact) mass is 522 g/mol. The van der Waals surface area contributed by atoms with Gasteiger partial charge in [-0.15, -0.1) is 0 Å². The second-order valence-corrected chi connectivity index (χ2v) is 13.0. The van der Waals surface area contributed by atoms with Crippen molar-refractivity contribution in [1.82, 2.24) is 9.80 Å². The van der Waals surface area contributed by atoms with Crippen LogP contribution in [0, 0.1) is 17.2 Å². The minimum Gasteiger partial charge on any atom is -0.371 e. The maximum Gasteiger partial charge on any atom is 0.233 e. The zero-order valence-corrected chi connectivity index (χ0v) is 23.5. The smallest absolute Gasteiger partial charge is 0.233 e. The fourth-order valence-electron chi connectivity index (χ4n) is 8.36. The molecule has 0 radical (unpaired) electrons. The molecule has 1 aromatic carbocycles. The predicted octanol–water partition coefficient (Wildman–Crippen LogP) is 5.84. The van der Waals surface area contributed by atoms with Gasteiger partial charge in [0.15, 0.2) is 0 Å². The zero-order chi connectivity index (χ0) is 26.3. The fourth-order valence-corrected chi connectivity index (χ4v) is 8.36. The molecule has 4 saturated heterocycles. The molecule has 38 heavy (non-hydrogen) atoms. The molecule has 6 heteroatoms. The number of hydrogen-bond donors (Lipinski definition) is 0. The Morgan fingerprint density at radius 3 is 2.34 bits per heavy atom. The van der Waals surface area contributed by atoms with Gasteiger partial charge in [0, 0.05) is 44.0 Å². The van der Waals surface area contributed by atoms with E-state index in [0.29, 0.717) is 24.3 Å². The number of amides is 1. The molecule has 4 heterocycles. The van der Waals surface area contributed by atoms with Crippen LogP contribution in [0.5, 0.6) is 0 Å². The van der Waals surface area contributed by atoms with Gasteiger partial charge in [0.25, 0.3) is 0 Å². The number of carbonyl (C=O) groups excluding carboxylic acids is 1. The first-order valence-electron chi connectivity index (χ1n) is 15.4. The van der Waals surface area contributed by atoms with Gasteiger partial charge in [-0.3, -0.25) is 9.69 Å². The van der Waals surface area contributed by atoms with E-state index in [0.717, 1.165) is 69.9 Å². The first-order valence-corrected chi connectivity index (χ1v) is 15.4. The van der Waals surface area contributed by atoms with E-state index in [-0.39, 0.29) is 17.1 Å². The Balaban J connectivity index is 1.05. The van der Waals surface area contributed by atoms with Crippen LogP contribution < -0.4 is 9.80 Å². The molecular formula is C32H47FN4O. The van der Waals surface area contributed by atoms with Gasteiger partial charge < -0.3 is 14.7 Å². The fraction of sp³-hybridized carbons (Fsp3) is 0.719. The normalized spacial score (nSPS) is 27.7. The van der Waals surface area contributed by atoms with Crippen LogP contribution in [0.1, 0.15) is 77.6 Å². The molecule has 1 saturated carbocycles. The summed E-state index contributed by atoms with van der Waals surface area (Å²) in [4.78, 5) is 22.9. The average molecular weight is 523 g/mol. The van der Waals surface area contributed by atoms with Crippen molar-refractivity contribution in [3.63, 3.8) is 0 Å². The largest absolute Gasteiger partial charge is 0.371 e. The number of hydrogen-bond acceptors (Lipinski definition) is 4. The molecule has 0 unspecified atom stereocenters. The van der Waals surface area contributed by atoms with E-state index < -0.39 is 0 Å². The van der Waals surface area contributed by atoms with Crippen LogP contribution in [0.3, 0.4) is 0 Å². The summed E-state index contributed by atoms with van der Waals surface area (Å²) < 4.78 is 15.5. The topological polar surface area (TPSA) is 30.0 Å². The lowest BCUT2D eigenvalue weighted by atomic mass is 9.77. The van der Waals surface area contributed by atoms with Crippen LogP contribution in [0.4, 0.5) is 15.8 Å². The molecule has 4 aliphatic heterocycles. The van der Waals surface area contributed by atoms with Crippen LogP contribution in [-0.2, 0) is 4.79 Å². The molecule has 5 fully saturated rings. The van der Waals surface area contributed by atoms with Gasteiger partial charge in [0.1, 0.15) is 5.82 Å². The summed E-state index contributed by atoms with van der Waals surface area (Å²) in [5.74, 6) is 0.755. The highest BCUT2D eigenvalue weighted by Crippen LogP contribution is 2.44. The van der Waals surface area contributed by atoms with Crippen molar-refractivity contribution >= 4 is 17.3 Å². The first-order chi connectivity index (χ1) is 18.4. The third-order valence-corrected chi connectivity index (χ3v) is 10.7. The van der Waals surface area contributed by atoms with Crippen LogP contribution in [0.25, 0.3) is 0 Å². The third kappa shape index (κ3) is 5.03. The van der Waals surface area contributed by atoms with Crippen LogP contribution in [0.2, 0.25) is 0 Å². The van der Waals surface area contributed by atoms with E-state index in [1.807, 2.05) is 12.1 Å². The van der Waals surface area contributed by atoms with Gasteiger partial charge in [-0.25, -0.2) is 4.39 Å². The van der Waals surface area contributed by atoms with E-state index in [4.69, 9.17) is 0 Å². The summed E-state index contributed by atoms with van der Waals surface area (Å²) in [5.41, 5.74) is 2.43. The number of likely N-dealkylation sites (tertiary alicyclic amines) is 2. The van der Waals surface area contributed by atoms with Gasteiger partial charge >= 0.3 is 0 Å². The van der Waals surface area contributed by atoms with Gasteiger partial charge in [0.05, 0.1) is 11.1 Å². The SMILES string of the molecule is C=C(C)[C@H]1CCCN1C1CCN(c2ccc(N3CCC4(CCN(CC5CCCC5)CC4)C3=O)c(F)c2)CC1. The summed E-state index contributed by atoms with van der Waals surface area (Å²) in [6.45, 7) is 13.3. The Labute approximate surface area is 229 Å². The highest BCUT2D eigenvalue weighted by atomic mass is 19.1. The number of nitrogens with zero attached hydrogens (tertiary/aromatic N) is 4. The maximum absolute atomic E-state index is 15.5. The second-order valence-electron chi connectivity index (χ2n) is 13.0. The molecule has 1 aliphatic carbocycles. The quantitative estimate of drug-likeness (QED) is 0.439. The van der Waals surface area contributed by atoms with Crippen molar-refractivity contribution in [1.29, 1.82) is 0 Å². The minimum atomic E-state index is -0.281. The molecule has 0 N–H and O–H groups in total. The van der Waals surface area contributed by atoms with E-state index in [1.54, 1.807) is 11.0 Å². The number of piperidine rings is 2. The number of rotatable bonds is 6. The zero-order valence-electron chi connectivity index (χ0n) is 23.5. The number of benzene rings is 1. The summed E-state index contributed by atoms with van der Waals surface area (Å²) in [5, 5.41) is 0. The Hall–Kier alpha value is -1.92.